The van der Waals surface area contributed by atoms with Crippen LogP contribution in [0.5, 0.6) is 17.2 Å². The molecule has 2 aromatic carbocycles. The molecule has 3 rings (SSSR count). The van der Waals surface area contributed by atoms with Crippen LogP contribution in [0.2, 0.25) is 0 Å². The molecule has 1 aliphatic heterocycles. The van der Waals surface area contributed by atoms with Gasteiger partial charge in [-0.05, 0) is 24.0 Å². The summed E-state index contributed by atoms with van der Waals surface area (Å²) in [6.07, 6.45) is 13.9. The number of amides is 1. The predicted octanol–water partition coefficient (Wildman–Crippen LogP) is 6.67. The molecule has 1 amide bonds. The van der Waals surface area contributed by atoms with E-state index in [1.807, 2.05) is 29.3 Å². The average molecular weight is 568 g/mol. The predicted molar refractivity (Wildman–Crippen MR) is 165 cm³/mol. The normalized spacial score (nSPS) is 14.0. The summed E-state index contributed by atoms with van der Waals surface area (Å²) in [4.78, 5) is 13.1. The minimum absolute atomic E-state index is 0.495. The third-order valence-corrected chi connectivity index (χ3v) is 7.64. The van der Waals surface area contributed by atoms with Gasteiger partial charge in [0.1, 0.15) is 17.3 Å². The van der Waals surface area contributed by atoms with E-state index in [9.17, 15) is 4.79 Å². The molecule has 0 bridgehead atoms. The van der Waals surface area contributed by atoms with Gasteiger partial charge in [0.25, 0.3) is 0 Å². The summed E-state index contributed by atoms with van der Waals surface area (Å²) in [5.74, 6) is 1.91. The molecule has 0 fully saturated rings. The second-order valence-electron chi connectivity index (χ2n) is 10.5. The maximum Gasteiger partial charge on any atom is 0.243 e. The van der Waals surface area contributed by atoms with Gasteiger partial charge in [-0.15, -0.1) is 5.10 Å². The van der Waals surface area contributed by atoms with Crippen LogP contribution in [0.3, 0.4) is 0 Å². The second kappa shape index (κ2) is 16.7. The van der Waals surface area contributed by atoms with Crippen molar-refractivity contribution in [1.82, 2.24) is 10.7 Å². The van der Waals surface area contributed by atoms with E-state index in [4.69, 9.17) is 25.0 Å². The molecule has 9 nitrogen and oxygen atoms in total. The van der Waals surface area contributed by atoms with Crippen LogP contribution in [0.4, 0.5) is 5.69 Å². The molecule has 0 aromatic heterocycles. The molecule has 1 unspecified atom stereocenters. The van der Waals surface area contributed by atoms with Gasteiger partial charge in [-0.1, -0.05) is 101 Å². The SMILES string of the molecule is CCCCCCCCCCCCC1=NNN(C(C(N)=O)c2ccccc2CC)N1c1c(OC)cc(OC)cc1OC. The van der Waals surface area contributed by atoms with E-state index in [1.165, 1.54) is 51.4 Å². The van der Waals surface area contributed by atoms with Crippen LogP contribution in [0.1, 0.15) is 102 Å². The Morgan fingerprint density at radius 2 is 1.46 bits per heavy atom. The second-order valence-corrected chi connectivity index (χ2v) is 10.5. The van der Waals surface area contributed by atoms with Crippen LogP contribution in [0.15, 0.2) is 41.5 Å². The molecule has 0 spiro atoms. The summed E-state index contributed by atoms with van der Waals surface area (Å²) >= 11 is 0. The number of anilines is 1. The van der Waals surface area contributed by atoms with Crippen LogP contribution in [-0.2, 0) is 11.2 Å². The number of rotatable bonds is 19. The number of carbonyl (C=O) groups is 1. The summed E-state index contributed by atoms with van der Waals surface area (Å²) in [5, 5.41) is 8.27. The van der Waals surface area contributed by atoms with Crippen molar-refractivity contribution in [2.24, 2.45) is 10.8 Å². The highest BCUT2D eigenvalue weighted by molar-refractivity contribution is 6.01. The lowest BCUT2D eigenvalue weighted by molar-refractivity contribution is -0.124. The van der Waals surface area contributed by atoms with Crippen molar-refractivity contribution in [2.75, 3.05) is 26.3 Å². The number of hydrogen-bond donors (Lipinski definition) is 2. The Hall–Kier alpha value is -3.46. The zero-order valence-electron chi connectivity index (χ0n) is 25.6. The monoisotopic (exact) mass is 567 g/mol. The van der Waals surface area contributed by atoms with Crippen molar-refractivity contribution in [3.8, 4) is 17.2 Å². The van der Waals surface area contributed by atoms with Gasteiger partial charge in [0.2, 0.25) is 5.91 Å². The van der Waals surface area contributed by atoms with Crippen molar-refractivity contribution in [1.29, 1.82) is 0 Å². The molecule has 0 saturated heterocycles. The quantitative estimate of drug-likeness (QED) is 0.183. The van der Waals surface area contributed by atoms with E-state index in [0.29, 0.717) is 29.4 Å². The first-order valence-corrected chi connectivity index (χ1v) is 15.1. The van der Waals surface area contributed by atoms with Gasteiger partial charge in [0, 0.05) is 18.6 Å². The van der Waals surface area contributed by atoms with Crippen LogP contribution in [0, 0.1) is 0 Å². The molecule has 3 N–H and O–H groups in total. The lowest BCUT2D eigenvalue weighted by Crippen LogP contribution is -2.52. The number of unbranched alkanes of at least 4 members (excludes halogenated alkanes) is 9. The van der Waals surface area contributed by atoms with Gasteiger partial charge in [-0.25, -0.2) is 10.5 Å². The topological polar surface area (TPSA) is 102 Å². The lowest BCUT2D eigenvalue weighted by Gasteiger charge is -2.36. The van der Waals surface area contributed by atoms with Crippen LogP contribution < -0.4 is 30.5 Å². The Morgan fingerprint density at radius 1 is 0.878 bits per heavy atom. The molecule has 226 valence electrons. The minimum atomic E-state index is -0.823. The summed E-state index contributed by atoms with van der Waals surface area (Å²) in [5.41, 5.74) is 11.7. The highest BCUT2D eigenvalue weighted by atomic mass is 16.5. The zero-order chi connectivity index (χ0) is 29.6. The van der Waals surface area contributed by atoms with Crippen molar-refractivity contribution in [3.63, 3.8) is 0 Å². The Morgan fingerprint density at radius 3 is 2.00 bits per heavy atom. The fourth-order valence-corrected chi connectivity index (χ4v) is 5.39. The standard InChI is InChI=1S/C32H49N5O4/c1-6-8-9-10-11-12-13-14-15-16-21-29-34-35-37(30(32(33)38)26-20-18-17-19-24(26)7-2)36(29)31-27(40-4)22-25(39-3)23-28(31)41-5/h17-20,22-23,30,35H,6-16,21H2,1-5H3,(H2,33,38). The van der Waals surface area contributed by atoms with Crippen molar-refractivity contribution < 1.29 is 19.0 Å². The number of hydrazone groups is 1. The highest BCUT2D eigenvalue weighted by Crippen LogP contribution is 2.45. The number of nitrogens with two attached hydrogens (primary N) is 1. The lowest BCUT2D eigenvalue weighted by atomic mass is 9.98. The van der Waals surface area contributed by atoms with Crippen LogP contribution >= 0.6 is 0 Å². The molecular weight excluding hydrogens is 518 g/mol. The largest absolute Gasteiger partial charge is 0.496 e. The van der Waals surface area contributed by atoms with Gasteiger partial charge in [-0.3, -0.25) is 4.79 Å². The van der Waals surface area contributed by atoms with Crippen molar-refractivity contribution >= 4 is 17.4 Å². The Labute approximate surface area is 245 Å². The van der Waals surface area contributed by atoms with E-state index < -0.39 is 11.9 Å². The third kappa shape index (κ3) is 8.28. The molecule has 0 aliphatic carbocycles. The number of carbonyl (C=O) groups excluding carboxylic acids is 1. The fourth-order valence-electron chi connectivity index (χ4n) is 5.39. The van der Waals surface area contributed by atoms with Crippen LogP contribution in [-0.4, -0.2) is 38.2 Å². The Kier molecular flexibility index (Phi) is 13.1. The Balaban J connectivity index is 1.87. The highest BCUT2D eigenvalue weighted by Gasteiger charge is 2.40. The number of nitrogens with one attached hydrogen (secondary N) is 1. The number of hydrogen-bond acceptors (Lipinski definition) is 8. The van der Waals surface area contributed by atoms with Crippen LogP contribution in [0.25, 0.3) is 0 Å². The molecule has 1 atom stereocenters. The summed E-state index contributed by atoms with van der Waals surface area (Å²) < 4.78 is 17.1. The number of methoxy groups -OCH3 is 3. The maximum atomic E-state index is 13.1. The molecule has 1 heterocycles. The third-order valence-electron chi connectivity index (χ3n) is 7.64. The van der Waals surface area contributed by atoms with Gasteiger partial charge in [-0.2, -0.15) is 0 Å². The number of aryl methyl sites for hydroxylation is 1. The fraction of sp³-hybridized carbons (Fsp3) is 0.562. The van der Waals surface area contributed by atoms with Gasteiger partial charge >= 0.3 is 0 Å². The van der Waals surface area contributed by atoms with E-state index in [2.05, 4.69) is 19.4 Å². The maximum absolute atomic E-state index is 13.1. The molecule has 2 aromatic rings. The first kappa shape index (κ1) is 32.1. The minimum Gasteiger partial charge on any atom is -0.496 e. The van der Waals surface area contributed by atoms with Gasteiger partial charge in [0.05, 0.1) is 21.3 Å². The Bertz CT molecular complexity index is 1110. The molecular formula is C32H49N5O4. The number of benzene rings is 2. The molecule has 0 saturated carbocycles. The average Bonchev–Trinajstić information content (AvgIpc) is 3.39. The van der Waals surface area contributed by atoms with Crippen molar-refractivity contribution in [3.05, 3.63) is 47.5 Å². The van der Waals surface area contributed by atoms with Gasteiger partial charge in [0.15, 0.2) is 17.5 Å². The van der Waals surface area contributed by atoms with Gasteiger partial charge < -0.3 is 19.9 Å². The smallest absolute Gasteiger partial charge is 0.243 e. The molecule has 41 heavy (non-hydrogen) atoms. The van der Waals surface area contributed by atoms with E-state index in [-0.39, 0.29) is 0 Å². The van der Waals surface area contributed by atoms with E-state index in [1.54, 1.807) is 38.6 Å². The molecule has 0 radical (unpaired) electrons. The number of hydrazine groups is 2. The zero-order valence-corrected chi connectivity index (χ0v) is 25.6. The molecule has 1 aliphatic rings. The number of ether oxygens (including phenoxy) is 3. The first-order chi connectivity index (χ1) is 20.0. The summed E-state index contributed by atoms with van der Waals surface area (Å²) in [6.45, 7) is 4.32. The summed E-state index contributed by atoms with van der Waals surface area (Å²) in [7, 11) is 4.80. The van der Waals surface area contributed by atoms with Crippen molar-refractivity contribution in [2.45, 2.75) is 96.9 Å². The summed E-state index contributed by atoms with van der Waals surface area (Å²) in [6, 6.07) is 10.6. The van der Waals surface area contributed by atoms with E-state index >= 15 is 0 Å². The number of nitrogens with zero attached hydrogens (tertiary/aromatic N) is 3. The van der Waals surface area contributed by atoms with E-state index in [0.717, 1.165) is 36.2 Å². The molecule has 9 heteroatoms. The number of amidine groups is 1. The number of primary amides is 1. The first-order valence-electron chi connectivity index (χ1n) is 15.1.